The molecule has 1 N–H and O–H groups in total. The Morgan fingerprint density at radius 3 is 2.32 bits per heavy atom. The number of methoxy groups -OCH3 is 2. The summed E-state index contributed by atoms with van der Waals surface area (Å²) in [4.78, 5) is 0. The molecule has 0 saturated carbocycles. The van der Waals surface area contributed by atoms with Gasteiger partial charge in [-0.05, 0) is 54.9 Å². The Balaban J connectivity index is 1.60. The standard InChI is InChI=1S/C18H23NO3/c1-20-16-7-9-17(10-8-16)22-12-4-11-19-14-15-5-3-6-18(13-15)21-2/h3,5-10,13,19H,4,11-12,14H2,1-2H3. The molecule has 0 heterocycles. The van der Waals surface area contributed by atoms with Gasteiger partial charge in [-0.3, -0.25) is 0 Å². The van der Waals surface area contributed by atoms with Crippen molar-refractivity contribution in [3.05, 3.63) is 54.1 Å². The number of hydrogen-bond acceptors (Lipinski definition) is 4. The third kappa shape index (κ3) is 5.30. The van der Waals surface area contributed by atoms with Crippen LogP contribution in [-0.2, 0) is 6.54 Å². The number of hydrogen-bond donors (Lipinski definition) is 1. The summed E-state index contributed by atoms with van der Waals surface area (Å²) in [6, 6.07) is 15.7. The summed E-state index contributed by atoms with van der Waals surface area (Å²) in [6.07, 6.45) is 0.954. The van der Waals surface area contributed by atoms with Crippen molar-refractivity contribution in [1.82, 2.24) is 5.32 Å². The van der Waals surface area contributed by atoms with E-state index in [-0.39, 0.29) is 0 Å². The summed E-state index contributed by atoms with van der Waals surface area (Å²) in [7, 11) is 3.34. The van der Waals surface area contributed by atoms with Gasteiger partial charge in [0, 0.05) is 6.54 Å². The van der Waals surface area contributed by atoms with Gasteiger partial charge in [0.2, 0.25) is 0 Å². The Hall–Kier alpha value is -2.20. The van der Waals surface area contributed by atoms with Crippen LogP contribution in [0.1, 0.15) is 12.0 Å². The van der Waals surface area contributed by atoms with Crippen molar-refractivity contribution in [3.63, 3.8) is 0 Å². The highest BCUT2D eigenvalue weighted by Crippen LogP contribution is 2.17. The maximum absolute atomic E-state index is 5.68. The fourth-order valence-corrected chi connectivity index (χ4v) is 2.07. The Bertz CT molecular complexity index is 555. The molecule has 0 radical (unpaired) electrons. The van der Waals surface area contributed by atoms with Crippen molar-refractivity contribution in [2.45, 2.75) is 13.0 Å². The molecule has 2 aromatic carbocycles. The molecule has 2 aromatic rings. The Morgan fingerprint density at radius 1 is 0.864 bits per heavy atom. The van der Waals surface area contributed by atoms with E-state index >= 15 is 0 Å². The summed E-state index contributed by atoms with van der Waals surface area (Å²) in [6.45, 7) is 2.44. The SMILES string of the molecule is COc1ccc(OCCCNCc2cccc(OC)c2)cc1. The number of ether oxygens (including phenoxy) is 3. The van der Waals surface area contributed by atoms with Gasteiger partial charge in [0.1, 0.15) is 17.2 Å². The van der Waals surface area contributed by atoms with Gasteiger partial charge in [0.05, 0.1) is 20.8 Å². The van der Waals surface area contributed by atoms with Crippen molar-refractivity contribution in [2.24, 2.45) is 0 Å². The molecule has 4 nitrogen and oxygen atoms in total. The predicted molar refractivity (Wildman–Crippen MR) is 87.8 cm³/mol. The Morgan fingerprint density at radius 2 is 1.59 bits per heavy atom. The minimum absolute atomic E-state index is 0.692. The van der Waals surface area contributed by atoms with Gasteiger partial charge >= 0.3 is 0 Å². The normalized spacial score (nSPS) is 10.3. The lowest BCUT2D eigenvalue weighted by Crippen LogP contribution is -2.17. The number of nitrogens with one attached hydrogen (secondary N) is 1. The van der Waals surface area contributed by atoms with Crippen LogP contribution in [0.15, 0.2) is 48.5 Å². The third-order valence-electron chi connectivity index (χ3n) is 3.29. The molecule has 0 amide bonds. The highest BCUT2D eigenvalue weighted by Gasteiger charge is 1.97. The zero-order chi connectivity index (χ0) is 15.6. The van der Waals surface area contributed by atoms with Gasteiger partial charge in [-0.25, -0.2) is 0 Å². The first-order valence-electron chi connectivity index (χ1n) is 7.42. The van der Waals surface area contributed by atoms with Gasteiger partial charge in [0.15, 0.2) is 0 Å². The Kier molecular flexibility index (Phi) is 6.58. The first kappa shape index (κ1) is 16.2. The first-order chi connectivity index (χ1) is 10.8. The summed E-state index contributed by atoms with van der Waals surface area (Å²) < 4.78 is 16.0. The van der Waals surface area contributed by atoms with Gasteiger partial charge in [-0.15, -0.1) is 0 Å². The second-order valence-corrected chi connectivity index (χ2v) is 4.91. The molecule has 0 unspecified atom stereocenters. The maximum Gasteiger partial charge on any atom is 0.119 e. The number of rotatable bonds is 9. The van der Waals surface area contributed by atoms with Crippen LogP contribution >= 0.6 is 0 Å². The van der Waals surface area contributed by atoms with Crippen LogP contribution in [0.3, 0.4) is 0 Å². The molecule has 0 spiro atoms. The zero-order valence-corrected chi connectivity index (χ0v) is 13.2. The molecule has 0 aromatic heterocycles. The van der Waals surface area contributed by atoms with E-state index in [0.717, 1.165) is 36.8 Å². The lowest BCUT2D eigenvalue weighted by atomic mass is 10.2. The third-order valence-corrected chi connectivity index (χ3v) is 3.29. The van der Waals surface area contributed by atoms with Gasteiger partial charge in [0.25, 0.3) is 0 Å². The van der Waals surface area contributed by atoms with Crippen LogP contribution < -0.4 is 19.5 Å². The summed E-state index contributed by atoms with van der Waals surface area (Å²) in [5.41, 5.74) is 1.22. The average molecular weight is 301 g/mol. The monoisotopic (exact) mass is 301 g/mol. The second kappa shape index (κ2) is 8.95. The molecular weight excluding hydrogens is 278 g/mol. The molecule has 2 rings (SSSR count). The van der Waals surface area contributed by atoms with Crippen LogP contribution in [0.2, 0.25) is 0 Å². The largest absolute Gasteiger partial charge is 0.497 e. The van der Waals surface area contributed by atoms with E-state index in [0.29, 0.717) is 6.61 Å². The van der Waals surface area contributed by atoms with Gasteiger partial charge in [-0.1, -0.05) is 12.1 Å². The number of benzene rings is 2. The molecule has 0 atom stereocenters. The van der Waals surface area contributed by atoms with Gasteiger partial charge < -0.3 is 19.5 Å². The molecule has 118 valence electrons. The van der Waals surface area contributed by atoms with E-state index in [2.05, 4.69) is 11.4 Å². The van der Waals surface area contributed by atoms with Gasteiger partial charge in [-0.2, -0.15) is 0 Å². The molecular formula is C18H23NO3. The van der Waals surface area contributed by atoms with Crippen LogP contribution in [-0.4, -0.2) is 27.4 Å². The average Bonchev–Trinajstić information content (AvgIpc) is 2.58. The smallest absolute Gasteiger partial charge is 0.119 e. The quantitative estimate of drug-likeness (QED) is 0.722. The fourth-order valence-electron chi connectivity index (χ4n) is 2.07. The minimum Gasteiger partial charge on any atom is -0.497 e. The molecule has 0 bridgehead atoms. The fraction of sp³-hybridized carbons (Fsp3) is 0.333. The Labute approximate surface area is 132 Å². The predicted octanol–water partition coefficient (Wildman–Crippen LogP) is 3.26. The summed E-state index contributed by atoms with van der Waals surface area (Å²) in [5, 5.41) is 3.40. The second-order valence-electron chi connectivity index (χ2n) is 4.91. The molecule has 4 heteroatoms. The highest BCUT2D eigenvalue weighted by atomic mass is 16.5. The highest BCUT2D eigenvalue weighted by molar-refractivity contribution is 5.31. The summed E-state index contributed by atoms with van der Waals surface area (Å²) in [5.74, 6) is 2.60. The van der Waals surface area contributed by atoms with Crippen LogP contribution in [0.4, 0.5) is 0 Å². The van der Waals surface area contributed by atoms with E-state index in [1.165, 1.54) is 5.56 Å². The molecule has 0 aliphatic carbocycles. The lowest BCUT2D eigenvalue weighted by Gasteiger charge is -2.08. The molecule has 0 aliphatic rings. The van der Waals surface area contributed by atoms with Crippen molar-refractivity contribution in [1.29, 1.82) is 0 Å². The van der Waals surface area contributed by atoms with Crippen molar-refractivity contribution in [2.75, 3.05) is 27.4 Å². The van der Waals surface area contributed by atoms with Crippen molar-refractivity contribution < 1.29 is 14.2 Å². The van der Waals surface area contributed by atoms with Crippen molar-refractivity contribution in [3.8, 4) is 17.2 Å². The maximum atomic E-state index is 5.68. The topological polar surface area (TPSA) is 39.7 Å². The van der Waals surface area contributed by atoms with E-state index in [1.54, 1.807) is 14.2 Å². The minimum atomic E-state index is 0.692. The van der Waals surface area contributed by atoms with Crippen LogP contribution in [0, 0.1) is 0 Å². The lowest BCUT2D eigenvalue weighted by molar-refractivity contribution is 0.307. The van der Waals surface area contributed by atoms with E-state index in [1.807, 2.05) is 42.5 Å². The molecule has 22 heavy (non-hydrogen) atoms. The molecule has 0 aliphatic heterocycles. The zero-order valence-electron chi connectivity index (χ0n) is 13.2. The van der Waals surface area contributed by atoms with Crippen molar-refractivity contribution >= 4 is 0 Å². The van der Waals surface area contributed by atoms with E-state index in [9.17, 15) is 0 Å². The molecule has 0 saturated heterocycles. The van der Waals surface area contributed by atoms with Crippen LogP contribution in [0.5, 0.6) is 17.2 Å². The van der Waals surface area contributed by atoms with E-state index < -0.39 is 0 Å². The van der Waals surface area contributed by atoms with Crippen LogP contribution in [0.25, 0.3) is 0 Å². The van der Waals surface area contributed by atoms with E-state index in [4.69, 9.17) is 14.2 Å². The first-order valence-corrected chi connectivity index (χ1v) is 7.42. The molecule has 0 fully saturated rings. The summed E-state index contributed by atoms with van der Waals surface area (Å²) >= 11 is 0.